The van der Waals surface area contributed by atoms with Crippen LogP contribution in [0.3, 0.4) is 0 Å². The maximum atomic E-state index is 13.5. The number of hydrogen-bond donors (Lipinski definition) is 0. The Morgan fingerprint density at radius 3 is 2.40 bits per heavy atom. The van der Waals surface area contributed by atoms with Crippen LogP contribution >= 0.6 is 0 Å². The van der Waals surface area contributed by atoms with Gasteiger partial charge < -0.3 is 0 Å². The summed E-state index contributed by atoms with van der Waals surface area (Å²) < 4.78 is 78.8. The summed E-state index contributed by atoms with van der Waals surface area (Å²) in [7, 11) is -3.72. The number of aryl methyl sites for hydroxylation is 1. The average molecular weight is 499 g/mol. The number of rotatable bonds is 4. The van der Waals surface area contributed by atoms with Crippen LogP contribution in [0.2, 0.25) is 0 Å². The molecule has 0 saturated carbocycles. The summed E-state index contributed by atoms with van der Waals surface area (Å²) in [5, 5.41) is 0. The van der Waals surface area contributed by atoms with Gasteiger partial charge in [0, 0.05) is 0 Å². The third-order valence-electron chi connectivity index (χ3n) is 6.63. The van der Waals surface area contributed by atoms with E-state index in [9.17, 15) is 26.0 Å². The van der Waals surface area contributed by atoms with E-state index in [1.165, 1.54) is 34.9 Å². The Hall–Kier alpha value is -3.19. The lowest BCUT2D eigenvalue weighted by molar-refractivity contribution is -0.140. The summed E-state index contributed by atoms with van der Waals surface area (Å²) in [6, 6.07) is 14.7. The van der Waals surface area contributed by atoms with Gasteiger partial charge in [-0.05, 0) is 76.8 Å². The van der Waals surface area contributed by atoms with Crippen molar-refractivity contribution in [2.45, 2.75) is 31.9 Å². The Morgan fingerprint density at radius 2 is 1.60 bits per heavy atom. The molecule has 0 N–H and O–H groups in total. The quantitative estimate of drug-likeness (QED) is 0.362. The van der Waals surface area contributed by atoms with E-state index in [-0.39, 0.29) is 16.2 Å². The Labute approximate surface area is 201 Å². The maximum Gasteiger partial charge on any atom is 0.419 e. The van der Waals surface area contributed by atoms with Crippen molar-refractivity contribution >= 4 is 20.8 Å². The third kappa shape index (κ3) is 4.45. The van der Waals surface area contributed by atoms with E-state index in [1.54, 1.807) is 6.08 Å². The second-order valence-electron chi connectivity index (χ2n) is 8.80. The summed E-state index contributed by atoms with van der Waals surface area (Å²) in [5.74, 6) is -1.73. The average Bonchev–Trinajstić information content (AvgIpc) is 2.83. The van der Waals surface area contributed by atoms with Crippen LogP contribution in [0.1, 0.15) is 39.8 Å². The maximum absolute atomic E-state index is 13.5. The van der Waals surface area contributed by atoms with Gasteiger partial charge in [-0.2, -0.15) is 13.2 Å². The van der Waals surface area contributed by atoms with Gasteiger partial charge in [-0.1, -0.05) is 60.7 Å². The van der Waals surface area contributed by atoms with E-state index in [1.807, 2.05) is 24.3 Å². The Kier molecular flexibility index (Phi) is 5.91. The topological polar surface area (TPSA) is 34.1 Å². The first-order valence-corrected chi connectivity index (χ1v) is 13.0. The zero-order chi connectivity index (χ0) is 24.8. The number of fused-ring (bicyclic) bond motifs is 5. The third-order valence-corrected chi connectivity index (χ3v) is 8.32. The Balaban J connectivity index is 1.43. The monoisotopic (exact) mass is 498 g/mol. The Bertz CT molecular complexity index is 1480. The lowest BCUT2D eigenvalue weighted by Crippen LogP contribution is -2.15. The molecule has 0 saturated heterocycles. The van der Waals surface area contributed by atoms with Crippen LogP contribution in [0.4, 0.5) is 17.6 Å². The molecule has 0 aliphatic heterocycles. The largest absolute Gasteiger partial charge is 0.419 e. The summed E-state index contributed by atoms with van der Waals surface area (Å²) in [6.45, 7) is 0. The van der Waals surface area contributed by atoms with Crippen molar-refractivity contribution in [2.24, 2.45) is 0 Å². The predicted molar refractivity (Wildman–Crippen MR) is 130 cm³/mol. The minimum atomic E-state index is -4.82. The van der Waals surface area contributed by atoms with Gasteiger partial charge in [-0.25, -0.2) is 12.8 Å². The molecule has 0 heterocycles. The fraction of sp³-hybridized carbons (Fsp3) is 0.214. The molecular weight excluding hydrogens is 476 g/mol. The van der Waals surface area contributed by atoms with E-state index in [2.05, 4.69) is 12.1 Å². The zero-order valence-electron chi connectivity index (χ0n) is 18.7. The highest BCUT2D eigenvalue weighted by Crippen LogP contribution is 2.41. The lowest BCUT2D eigenvalue weighted by Gasteiger charge is -2.27. The van der Waals surface area contributed by atoms with Gasteiger partial charge in [0.1, 0.15) is 5.82 Å². The van der Waals surface area contributed by atoms with Gasteiger partial charge in [-0.3, -0.25) is 0 Å². The summed E-state index contributed by atoms with van der Waals surface area (Å²) >= 11 is 0. The van der Waals surface area contributed by atoms with Crippen LogP contribution in [-0.2, 0) is 35.3 Å². The van der Waals surface area contributed by atoms with Gasteiger partial charge in [0.25, 0.3) is 0 Å². The molecule has 5 rings (SSSR count). The van der Waals surface area contributed by atoms with Crippen molar-refractivity contribution < 1.29 is 26.0 Å². The SMILES string of the molecule is O=S(=O)(CC=Cc1ccc(F)c(C(F)(F)F)c1)C1=CCCc2c1ccc1c2CCc2ccccc2-1. The highest BCUT2D eigenvalue weighted by Gasteiger charge is 2.34. The molecule has 2 nitrogen and oxygen atoms in total. The Morgan fingerprint density at radius 1 is 0.857 bits per heavy atom. The standard InChI is InChI=1S/C28H22F4O2S/c29-26-15-10-18(17-25(26)28(30,31)32)5-4-16-35(33,34)27-9-3-8-21-23-12-11-19-6-1-2-7-20(19)22(23)13-14-24(21)27/h1-2,4-7,9-10,13-15,17H,3,8,11-12,16H2. The molecular formula is C28H22F4O2S. The normalized spacial score (nSPS) is 15.4. The molecule has 0 amide bonds. The lowest BCUT2D eigenvalue weighted by atomic mass is 9.79. The van der Waals surface area contributed by atoms with Gasteiger partial charge >= 0.3 is 6.18 Å². The summed E-state index contributed by atoms with van der Waals surface area (Å²) in [4.78, 5) is 0.264. The molecule has 0 bridgehead atoms. The van der Waals surface area contributed by atoms with Gasteiger partial charge in [-0.15, -0.1) is 0 Å². The molecule has 35 heavy (non-hydrogen) atoms. The van der Waals surface area contributed by atoms with Crippen LogP contribution in [0.15, 0.2) is 66.7 Å². The van der Waals surface area contributed by atoms with Gasteiger partial charge in [0.2, 0.25) is 0 Å². The van der Waals surface area contributed by atoms with E-state index in [4.69, 9.17) is 0 Å². The first kappa shape index (κ1) is 23.5. The van der Waals surface area contributed by atoms with Crippen LogP contribution in [0, 0.1) is 5.82 Å². The summed E-state index contributed by atoms with van der Waals surface area (Å²) in [5.41, 5.74) is 5.32. The number of benzene rings is 3. The highest BCUT2D eigenvalue weighted by molar-refractivity contribution is 8.00. The molecule has 2 aliphatic rings. The number of alkyl halides is 3. The first-order valence-electron chi connectivity index (χ1n) is 11.3. The minimum absolute atomic E-state index is 0.0830. The molecule has 2 aliphatic carbocycles. The van der Waals surface area contributed by atoms with Crippen molar-refractivity contribution in [1.29, 1.82) is 0 Å². The zero-order valence-corrected chi connectivity index (χ0v) is 19.5. The molecule has 0 unspecified atom stereocenters. The van der Waals surface area contributed by atoms with Gasteiger partial charge in [0.05, 0.1) is 16.2 Å². The molecule has 7 heteroatoms. The highest BCUT2D eigenvalue weighted by atomic mass is 32.2. The molecule has 3 aromatic rings. The predicted octanol–water partition coefficient (Wildman–Crippen LogP) is 7.03. The van der Waals surface area contributed by atoms with Crippen LogP contribution in [0.5, 0.6) is 0 Å². The number of sulfone groups is 1. The first-order chi connectivity index (χ1) is 16.6. The van der Waals surface area contributed by atoms with Crippen LogP contribution in [0.25, 0.3) is 22.1 Å². The van der Waals surface area contributed by atoms with Crippen molar-refractivity contribution in [3.8, 4) is 11.1 Å². The van der Waals surface area contributed by atoms with Crippen LogP contribution < -0.4 is 0 Å². The molecule has 0 radical (unpaired) electrons. The minimum Gasteiger partial charge on any atom is -0.223 e. The van der Waals surface area contributed by atoms with E-state index < -0.39 is 27.4 Å². The number of allylic oxidation sites excluding steroid dienone is 1. The van der Waals surface area contributed by atoms with E-state index in [0.29, 0.717) is 18.1 Å². The second-order valence-corrected chi connectivity index (χ2v) is 10.8. The van der Waals surface area contributed by atoms with Crippen molar-refractivity contribution in [3.05, 3.63) is 106 Å². The molecule has 0 atom stereocenters. The molecule has 180 valence electrons. The molecule has 0 spiro atoms. The van der Waals surface area contributed by atoms with Crippen molar-refractivity contribution in [1.82, 2.24) is 0 Å². The van der Waals surface area contributed by atoms with Crippen LogP contribution in [-0.4, -0.2) is 14.2 Å². The van der Waals surface area contributed by atoms with Crippen molar-refractivity contribution in [3.63, 3.8) is 0 Å². The molecule has 3 aromatic carbocycles. The number of hydrogen-bond acceptors (Lipinski definition) is 2. The smallest absolute Gasteiger partial charge is 0.223 e. The molecule has 0 aromatic heterocycles. The van der Waals surface area contributed by atoms with Gasteiger partial charge in [0.15, 0.2) is 9.84 Å². The molecule has 0 fully saturated rings. The number of halogens is 4. The second kappa shape index (κ2) is 8.79. The summed E-state index contributed by atoms with van der Waals surface area (Å²) in [6.07, 6.45) is 2.64. The van der Waals surface area contributed by atoms with E-state index >= 15 is 0 Å². The van der Waals surface area contributed by atoms with E-state index in [0.717, 1.165) is 36.5 Å². The fourth-order valence-corrected chi connectivity index (χ4v) is 6.45. The fourth-order valence-electron chi connectivity index (χ4n) is 5.02. The van der Waals surface area contributed by atoms with Crippen molar-refractivity contribution in [2.75, 3.05) is 5.75 Å².